The zero-order chi connectivity index (χ0) is 24.3. The Bertz CT molecular complexity index is 1210. The van der Waals surface area contributed by atoms with Crippen LogP contribution in [0.2, 0.25) is 0 Å². The lowest BCUT2D eigenvalue weighted by molar-refractivity contribution is -0.137. The molecule has 1 atom stereocenters. The van der Waals surface area contributed by atoms with Crippen LogP contribution in [0.25, 0.3) is 0 Å². The van der Waals surface area contributed by atoms with E-state index < -0.39 is 17.3 Å². The summed E-state index contributed by atoms with van der Waals surface area (Å²) >= 11 is 0. The molecule has 2 amide bonds. The van der Waals surface area contributed by atoms with E-state index in [9.17, 15) is 14.0 Å². The Morgan fingerprint density at radius 2 is 1.94 bits per heavy atom. The van der Waals surface area contributed by atoms with Crippen molar-refractivity contribution in [1.29, 1.82) is 0 Å². The van der Waals surface area contributed by atoms with Gasteiger partial charge in [0.05, 0.1) is 23.6 Å². The molecule has 34 heavy (non-hydrogen) atoms. The van der Waals surface area contributed by atoms with Gasteiger partial charge < -0.3 is 10.2 Å². The fourth-order valence-electron chi connectivity index (χ4n) is 4.42. The summed E-state index contributed by atoms with van der Waals surface area (Å²) in [6.07, 6.45) is 5.76. The highest BCUT2D eigenvalue weighted by Crippen LogP contribution is 2.32. The Morgan fingerprint density at radius 1 is 1.15 bits per heavy atom. The second-order valence-corrected chi connectivity index (χ2v) is 9.35. The molecule has 3 aromatic rings. The maximum Gasteiger partial charge on any atom is 0.252 e. The van der Waals surface area contributed by atoms with Crippen LogP contribution in [0, 0.1) is 12.7 Å². The SMILES string of the molecule is Cc1cccc(Cc2cncc([C@H]3CCCN3C(=O)C(C)(C)NC(=O)c3cccc(F)c3)n2)c1. The average Bonchev–Trinajstić information content (AvgIpc) is 3.28. The van der Waals surface area contributed by atoms with Crippen LogP contribution in [0.5, 0.6) is 0 Å². The molecule has 1 fully saturated rings. The summed E-state index contributed by atoms with van der Waals surface area (Å²) in [4.78, 5) is 37.1. The third kappa shape index (κ3) is 5.30. The third-order valence-electron chi connectivity index (χ3n) is 6.07. The predicted molar refractivity (Wildman–Crippen MR) is 128 cm³/mol. The minimum absolute atomic E-state index is 0.175. The predicted octanol–water partition coefficient (Wildman–Crippen LogP) is 4.39. The quantitative estimate of drug-likeness (QED) is 0.592. The summed E-state index contributed by atoms with van der Waals surface area (Å²) in [6, 6.07) is 13.5. The normalized spacial score (nSPS) is 15.9. The Morgan fingerprint density at radius 3 is 2.71 bits per heavy atom. The largest absolute Gasteiger partial charge is 0.338 e. The number of aromatic nitrogens is 2. The van der Waals surface area contributed by atoms with Gasteiger partial charge in [-0.3, -0.25) is 19.6 Å². The molecule has 1 saturated heterocycles. The molecule has 0 radical (unpaired) electrons. The molecule has 0 saturated carbocycles. The molecule has 0 aliphatic carbocycles. The van der Waals surface area contributed by atoms with E-state index in [1.165, 1.54) is 23.8 Å². The van der Waals surface area contributed by atoms with Gasteiger partial charge in [-0.25, -0.2) is 4.39 Å². The van der Waals surface area contributed by atoms with Crippen LogP contribution in [0.15, 0.2) is 60.9 Å². The second-order valence-electron chi connectivity index (χ2n) is 9.35. The zero-order valence-electron chi connectivity index (χ0n) is 19.7. The molecule has 1 N–H and O–H groups in total. The van der Waals surface area contributed by atoms with Crippen molar-refractivity contribution in [3.8, 4) is 0 Å². The number of likely N-dealkylation sites (tertiary alicyclic amines) is 1. The first-order valence-electron chi connectivity index (χ1n) is 11.5. The molecule has 176 valence electrons. The molecule has 2 aromatic carbocycles. The van der Waals surface area contributed by atoms with E-state index in [0.717, 1.165) is 35.9 Å². The number of hydrogen-bond donors (Lipinski definition) is 1. The van der Waals surface area contributed by atoms with E-state index in [-0.39, 0.29) is 17.5 Å². The molecular weight excluding hydrogens is 431 g/mol. The number of carbonyl (C=O) groups excluding carboxylic acids is 2. The summed E-state index contributed by atoms with van der Waals surface area (Å²) in [5.41, 5.74) is 2.96. The van der Waals surface area contributed by atoms with Crippen molar-refractivity contribution in [3.63, 3.8) is 0 Å². The fourth-order valence-corrected chi connectivity index (χ4v) is 4.42. The lowest BCUT2D eigenvalue weighted by Gasteiger charge is -2.33. The van der Waals surface area contributed by atoms with Crippen molar-refractivity contribution in [2.45, 2.75) is 51.6 Å². The first-order chi connectivity index (χ1) is 16.2. The van der Waals surface area contributed by atoms with Crippen molar-refractivity contribution < 1.29 is 14.0 Å². The smallest absolute Gasteiger partial charge is 0.252 e. The van der Waals surface area contributed by atoms with E-state index in [2.05, 4.69) is 35.4 Å². The Hall–Kier alpha value is -3.61. The van der Waals surface area contributed by atoms with Crippen molar-refractivity contribution in [2.24, 2.45) is 0 Å². The molecule has 0 unspecified atom stereocenters. The van der Waals surface area contributed by atoms with Crippen molar-refractivity contribution in [2.75, 3.05) is 6.54 Å². The van der Waals surface area contributed by atoms with Gasteiger partial charge in [0.15, 0.2) is 0 Å². The molecule has 7 heteroatoms. The lowest BCUT2D eigenvalue weighted by Crippen LogP contribution is -2.55. The number of aryl methyl sites for hydroxylation is 1. The minimum Gasteiger partial charge on any atom is -0.338 e. The van der Waals surface area contributed by atoms with E-state index >= 15 is 0 Å². The summed E-state index contributed by atoms with van der Waals surface area (Å²) < 4.78 is 13.5. The van der Waals surface area contributed by atoms with Crippen molar-refractivity contribution >= 4 is 11.8 Å². The number of benzene rings is 2. The molecule has 6 nitrogen and oxygen atoms in total. The van der Waals surface area contributed by atoms with Crippen molar-refractivity contribution in [1.82, 2.24) is 20.2 Å². The van der Waals surface area contributed by atoms with Crippen LogP contribution >= 0.6 is 0 Å². The monoisotopic (exact) mass is 460 g/mol. The molecular formula is C27H29FN4O2. The Labute approximate surface area is 199 Å². The molecule has 2 heterocycles. The van der Waals surface area contributed by atoms with Gasteiger partial charge in [-0.1, -0.05) is 35.9 Å². The minimum atomic E-state index is -1.17. The molecule has 1 aromatic heterocycles. The van der Waals surface area contributed by atoms with E-state index in [4.69, 9.17) is 4.98 Å². The zero-order valence-corrected chi connectivity index (χ0v) is 19.7. The molecule has 1 aliphatic rings. The molecule has 4 rings (SSSR count). The van der Waals surface area contributed by atoms with Gasteiger partial charge in [0.2, 0.25) is 5.91 Å². The molecule has 1 aliphatic heterocycles. The highest BCUT2D eigenvalue weighted by molar-refractivity contribution is 5.99. The number of hydrogen-bond acceptors (Lipinski definition) is 4. The average molecular weight is 461 g/mol. The Kier molecular flexibility index (Phi) is 6.72. The fraction of sp³-hybridized carbons (Fsp3) is 0.333. The first kappa shape index (κ1) is 23.5. The summed E-state index contributed by atoms with van der Waals surface area (Å²) in [5, 5.41) is 2.76. The standard InChI is InChI=1S/C27H29FN4O2/c1-18-7-4-8-19(13-18)14-22-16-29-17-23(30-22)24-11-6-12-32(24)26(34)27(2,3)31-25(33)20-9-5-10-21(28)15-20/h4-5,7-10,13,15-17,24H,6,11-12,14H2,1-3H3,(H,31,33)/t24-/m1/s1. The number of carbonyl (C=O) groups is 2. The number of nitrogens with zero attached hydrogens (tertiary/aromatic N) is 3. The number of halogens is 1. The van der Waals surface area contributed by atoms with Crippen LogP contribution in [0.3, 0.4) is 0 Å². The van der Waals surface area contributed by atoms with Gasteiger partial charge in [0.25, 0.3) is 5.91 Å². The van der Waals surface area contributed by atoms with Crippen LogP contribution < -0.4 is 5.32 Å². The van der Waals surface area contributed by atoms with Crippen LogP contribution in [-0.4, -0.2) is 38.8 Å². The van der Waals surface area contributed by atoms with Crippen molar-refractivity contribution in [3.05, 3.63) is 94.8 Å². The number of nitrogens with one attached hydrogen (secondary N) is 1. The van der Waals surface area contributed by atoms with E-state index in [0.29, 0.717) is 13.0 Å². The van der Waals surface area contributed by atoms with E-state index in [1.807, 2.05) is 6.07 Å². The molecule has 0 bridgehead atoms. The lowest BCUT2D eigenvalue weighted by atomic mass is 10.0. The summed E-state index contributed by atoms with van der Waals surface area (Å²) in [7, 11) is 0. The van der Waals surface area contributed by atoms with Gasteiger partial charge >= 0.3 is 0 Å². The highest BCUT2D eigenvalue weighted by Gasteiger charge is 2.40. The van der Waals surface area contributed by atoms with E-state index in [1.54, 1.807) is 31.1 Å². The van der Waals surface area contributed by atoms with Crippen LogP contribution in [-0.2, 0) is 11.2 Å². The van der Waals surface area contributed by atoms with Gasteiger partial charge in [-0.05, 0) is 57.4 Å². The van der Waals surface area contributed by atoms with Crippen LogP contribution in [0.1, 0.15) is 65.6 Å². The third-order valence-corrected chi connectivity index (χ3v) is 6.07. The molecule has 0 spiro atoms. The van der Waals surface area contributed by atoms with Gasteiger partial charge in [0.1, 0.15) is 11.4 Å². The number of rotatable bonds is 6. The van der Waals surface area contributed by atoms with Gasteiger partial charge in [0, 0.05) is 24.7 Å². The maximum atomic E-state index is 13.5. The van der Waals surface area contributed by atoms with Gasteiger partial charge in [-0.15, -0.1) is 0 Å². The van der Waals surface area contributed by atoms with Crippen LogP contribution in [0.4, 0.5) is 4.39 Å². The highest BCUT2D eigenvalue weighted by atomic mass is 19.1. The Balaban J connectivity index is 1.50. The first-order valence-corrected chi connectivity index (χ1v) is 11.5. The van der Waals surface area contributed by atoms with Gasteiger partial charge in [-0.2, -0.15) is 0 Å². The second kappa shape index (κ2) is 9.71. The number of amides is 2. The maximum absolute atomic E-state index is 13.5. The summed E-state index contributed by atoms with van der Waals surface area (Å²) in [5.74, 6) is -1.19. The summed E-state index contributed by atoms with van der Waals surface area (Å²) in [6.45, 7) is 5.97. The topological polar surface area (TPSA) is 75.2 Å².